The summed E-state index contributed by atoms with van der Waals surface area (Å²) in [4.78, 5) is 26.7. The van der Waals surface area contributed by atoms with E-state index in [9.17, 15) is 9.59 Å². The highest BCUT2D eigenvalue weighted by Gasteiger charge is 2.20. The van der Waals surface area contributed by atoms with Gasteiger partial charge in [-0.3, -0.25) is 14.5 Å². The summed E-state index contributed by atoms with van der Waals surface area (Å²) < 4.78 is 0. The number of hydrogen-bond donors (Lipinski definition) is 3. The lowest BCUT2D eigenvalue weighted by Crippen LogP contribution is -2.48. The van der Waals surface area contributed by atoms with E-state index in [-0.39, 0.29) is 6.04 Å². The number of rotatable bonds is 6. The first-order valence-electron chi connectivity index (χ1n) is 10.3. The third-order valence-corrected chi connectivity index (χ3v) is 5.62. The van der Waals surface area contributed by atoms with Crippen LogP contribution < -0.4 is 16.0 Å². The molecule has 148 valence electrons. The van der Waals surface area contributed by atoms with Gasteiger partial charge in [-0.15, -0.1) is 0 Å². The Morgan fingerprint density at radius 2 is 1.85 bits per heavy atom. The highest BCUT2D eigenvalue weighted by atomic mass is 16.2. The number of fused-ring (bicyclic) bond motifs is 1. The van der Waals surface area contributed by atoms with Crippen molar-refractivity contribution in [2.45, 2.75) is 45.1 Å². The molecule has 6 heteroatoms. The van der Waals surface area contributed by atoms with E-state index in [1.807, 2.05) is 6.92 Å². The van der Waals surface area contributed by atoms with Gasteiger partial charge in [0.1, 0.15) is 0 Å². The lowest BCUT2D eigenvalue weighted by atomic mass is 9.89. The predicted octanol–water partition coefficient (Wildman–Crippen LogP) is 1.15. The number of amides is 2. The second-order valence-corrected chi connectivity index (χ2v) is 7.52. The normalized spacial score (nSPS) is 18.4. The van der Waals surface area contributed by atoms with Crippen LogP contribution in [0, 0.1) is 0 Å². The van der Waals surface area contributed by atoms with Crippen molar-refractivity contribution in [1.29, 1.82) is 0 Å². The number of carbonyl (C=O) groups is 2. The van der Waals surface area contributed by atoms with Crippen molar-refractivity contribution < 1.29 is 9.59 Å². The van der Waals surface area contributed by atoms with Crippen molar-refractivity contribution in [3.63, 3.8) is 0 Å². The van der Waals surface area contributed by atoms with E-state index in [4.69, 9.17) is 0 Å². The minimum Gasteiger partial charge on any atom is -0.347 e. The molecule has 0 saturated carbocycles. The molecule has 3 N–H and O–H groups in total. The number of hydrogen-bond acceptors (Lipinski definition) is 4. The van der Waals surface area contributed by atoms with Crippen LogP contribution in [0.4, 0.5) is 0 Å². The average Bonchev–Trinajstić information content (AvgIpc) is 2.72. The van der Waals surface area contributed by atoms with E-state index >= 15 is 0 Å². The van der Waals surface area contributed by atoms with Crippen LogP contribution in [0.15, 0.2) is 18.2 Å². The molecule has 6 nitrogen and oxygen atoms in total. The molecule has 0 aromatic heterocycles. The van der Waals surface area contributed by atoms with Gasteiger partial charge >= 0.3 is 11.8 Å². The van der Waals surface area contributed by atoms with E-state index in [0.717, 1.165) is 57.5 Å². The summed E-state index contributed by atoms with van der Waals surface area (Å²) in [5.41, 5.74) is 3.92. The molecule has 27 heavy (non-hydrogen) atoms. The molecule has 1 aromatic carbocycles. The molecule has 3 rings (SSSR count). The Bertz CT molecular complexity index is 656. The number of piperazine rings is 1. The topological polar surface area (TPSA) is 73.5 Å². The minimum atomic E-state index is -0.542. The average molecular weight is 373 g/mol. The molecule has 1 unspecified atom stereocenters. The van der Waals surface area contributed by atoms with Gasteiger partial charge in [-0.1, -0.05) is 25.1 Å². The molecular weight excluding hydrogens is 340 g/mol. The van der Waals surface area contributed by atoms with E-state index in [2.05, 4.69) is 39.0 Å². The zero-order valence-electron chi connectivity index (χ0n) is 16.4. The minimum absolute atomic E-state index is 0.122. The van der Waals surface area contributed by atoms with Crippen molar-refractivity contribution >= 4 is 11.8 Å². The predicted molar refractivity (Wildman–Crippen MR) is 107 cm³/mol. The lowest BCUT2D eigenvalue weighted by molar-refractivity contribution is -0.139. The monoisotopic (exact) mass is 372 g/mol. The quantitative estimate of drug-likeness (QED) is 0.655. The first-order chi connectivity index (χ1) is 13.2. The largest absolute Gasteiger partial charge is 0.347 e. The van der Waals surface area contributed by atoms with Gasteiger partial charge in [0, 0.05) is 39.3 Å². The second-order valence-electron chi connectivity index (χ2n) is 7.52. The van der Waals surface area contributed by atoms with E-state index in [1.165, 1.54) is 24.0 Å². The van der Waals surface area contributed by atoms with Gasteiger partial charge in [-0.25, -0.2) is 0 Å². The number of nitrogens with zero attached hydrogens (tertiary/aromatic N) is 1. The Balaban J connectivity index is 1.49. The molecule has 1 aliphatic heterocycles. The Morgan fingerprint density at radius 1 is 1.11 bits per heavy atom. The van der Waals surface area contributed by atoms with Gasteiger partial charge in [0.25, 0.3) is 0 Å². The zero-order valence-corrected chi connectivity index (χ0v) is 16.4. The fraction of sp³-hybridized carbons (Fsp3) is 0.619. The third-order valence-electron chi connectivity index (χ3n) is 5.62. The third kappa shape index (κ3) is 5.53. The summed E-state index contributed by atoms with van der Waals surface area (Å²) in [5.74, 6) is -1.08. The molecule has 0 spiro atoms. The molecule has 1 aromatic rings. The number of benzene rings is 1. The SMILES string of the molecule is CCC(NC(=O)C(=O)NCCN1CCNCC1)c1ccc2c(c1)CCCC2. The van der Waals surface area contributed by atoms with Gasteiger partial charge in [0.05, 0.1) is 6.04 Å². The summed E-state index contributed by atoms with van der Waals surface area (Å²) in [5, 5.41) is 8.95. The summed E-state index contributed by atoms with van der Waals surface area (Å²) in [6, 6.07) is 6.38. The summed E-state index contributed by atoms with van der Waals surface area (Å²) in [6.07, 6.45) is 5.51. The van der Waals surface area contributed by atoms with Crippen molar-refractivity contribution in [3.8, 4) is 0 Å². The molecule has 0 radical (unpaired) electrons. The van der Waals surface area contributed by atoms with Gasteiger partial charge in [-0.05, 0) is 48.8 Å². The first kappa shape index (κ1) is 19.8. The summed E-state index contributed by atoms with van der Waals surface area (Å²) >= 11 is 0. The Hall–Kier alpha value is -1.92. The standard InChI is InChI=1S/C21H32N4O2/c1-2-19(18-8-7-16-5-3-4-6-17(16)15-18)24-21(27)20(26)23-11-14-25-12-9-22-10-13-25/h7-8,15,19,22H,2-6,9-14H2,1H3,(H,23,26)(H,24,27). The van der Waals surface area contributed by atoms with Crippen LogP contribution in [0.5, 0.6) is 0 Å². The molecule has 1 atom stereocenters. The van der Waals surface area contributed by atoms with Crippen LogP contribution in [-0.2, 0) is 22.4 Å². The highest BCUT2D eigenvalue weighted by Crippen LogP contribution is 2.26. The van der Waals surface area contributed by atoms with Gasteiger partial charge in [-0.2, -0.15) is 0 Å². The van der Waals surface area contributed by atoms with Crippen LogP contribution in [0.2, 0.25) is 0 Å². The van der Waals surface area contributed by atoms with Crippen LogP contribution in [0.3, 0.4) is 0 Å². The molecular formula is C21H32N4O2. The number of aryl methyl sites for hydroxylation is 2. The van der Waals surface area contributed by atoms with Gasteiger partial charge in [0.15, 0.2) is 0 Å². The van der Waals surface area contributed by atoms with E-state index in [1.54, 1.807) is 0 Å². The number of nitrogens with one attached hydrogen (secondary N) is 3. The van der Waals surface area contributed by atoms with Crippen LogP contribution in [0.1, 0.15) is 48.9 Å². The van der Waals surface area contributed by atoms with Gasteiger partial charge in [0.2, 0.25) is 0 Å². The summed E-state index contributed by atoms with van der Waals surface area (Å²) in [7, 11) is 0. The number of carbonyl (C=O) groups excluding carboxylic acids is 2. The van der Waals surface area contributed by atoms with E-state index < -0.39 is 11.8 Å². The first-order valence-corrected chi connectivity index (χ1v) is 10.3. The Kier molecular flexibility index (Phi) is 7.24. The molecule has 1 saturated heterocycles. The van der Waals surface area contributed by atoms with Crippen LogP contribution in [-0.4, -0.2) is 56.0 Å². The fourth-order valence-corrected chi connectivity index (χ4v) is 3.96. The maximum absolute atomic E-state index is 12.3. The van der Waals surface area contributed by atoms with Crippen molar-refractivity contribution in [3.05, 3.63) is 34.9 Å². The zero-order chi connectivity index (χ0) is 19.1. The van der Waals surface area contributed by atoms with Crippen molar-refractivity contribution in [1.82, 2.24) is 20.9 Å². The fourth-order valence-electron chi connectivity index (χ4n) is 3.96. The second kappa shape index (κ2) is 9.85. The maximum atomic E-state index is 12.3. The van der Waals surface area contributed by atoms with Crippen molar-refractivity contribution in [2.24, 2.45) is 0 Å². The molecule has 1 heterocycles. The maximum Gasteiger partial charge on any atom is 0.309 e. The molecule has 1 aliphatic carbocycles. The van der Waals surface area contributed by atoms with Crippen LogP contribution >= 0.6 is 0 Å². The smallest absolute Gasteiger partial charge is 0.309 e. The highest BCUT2D eigenvalue weighted by molar-refractivity contribution is 6.35. The van der Waals surface area contributed by atoms with E-state index in [0.29, 0.717) is 6.54 Å². The Morgan fingerprint density at radius 3 is 2.59 bits per heavy atom. The lowest BCUT2D eigenvalue weighted by Gasteiger charge is -2.27. The van der Waals surface area contributed by atoms with Gasteiger partial charge < -0.3 is 16.0 Å². The molecule has 2 aliphatic rings. The van der Waals surface area contributed by atoms with Crippen LogP contribution in [0.25, 0.3) is 0 Å². The Labute approximate surface area is 162 Å². The van der Waals surface area contributed by atoms with Crippen molar-refractivity contribution in [2.75, 3.05) is 39.3 Å². The summed E-state index contributed by atoms with van der Waals surface area (Å²) in [6.45, 7) is 7.24. The molecule has 2 amide bonds. The molecule has 0 bridgehead atoms. The molecule has 1 fully saturated rings.